The van der Waals surface area contributed by atoms with Gasteiger partial charge in [-0.05, 0) is 38.5 Å². The lowest BCUT2D eigenvalue weighted by Crippen LogP contribution is -2.31. The number of carbonyl (C=O) groups excluding carboxylic acids is 1. The first-order chi connectivity index (χ1) is 7.67. The molecule has 0 fully saturated rings. The monoisotopic (exact) mass is 221 g/mol. The highest BCUT2D eigenvalue weighted by molar-refractivity contribution is 5.94. The lowest BCUT2D eigenvalue weighted by Gasteiger charge is -2.12. The molecule has 0 aromatic heterocycles. The minimum absolute atomic E-state index is 0.0455. The summed E-state index contributed by atoms with van der Waals surface area (Å²) in [5.41, 5.74) is 0.645. The highest BCUT2D eigenvalue weighted by Crippen LogP contribution is 2.13. The van der Waals surface area contributed by atoms with Crippen molar-refractivity contribution in [2.24, 2.45) is 0 Å². The second-order valence-corrected chi connectivity index (χ2v) is 3.74. The summed E-state index contributed by atoms with van der Waals surface area (Å²) < 4.78 is 5.35. The third kappa shape index (κ3) is 3.57. The van der Waals surface area contributed by atoms with Gasteiger partial charge in [0.15, 0.2) is 0 Å². The van der Waals surface area contributed by atoms with Crippen LogP contribution in [0.4, 0.5) is 0 Å². The van der Waals surface area contributed by atoms with Gasteiger partial charge >= 0.3 is 0 Å². The van der Waals surface area contributed by atoms with E-state index in [4.69, 9.17) is 4.74 Å². The van der Waals surface area contributed by atoms with Gasteiger partial charge in [0.05, 0.1) is 6.61 Å². The number of rotatable bonds is 5. The molecule has 3 heteroatoms. The predicted molar refractivity (Wildman–Crippen MR) is 64.8 cm³/mol. The average Bonchev–Trinajstić information content (AvgIpc) is 2.29. The summed E-state index contributed by atoms with van der Waals surface area (Å²) in [6, 6.07) is 7.44. The zero-order valence-electron chi connectivity index (χ0n) is 10.1. The first kappa shape index (κ1) is 12.6. The van der Waals surface area contributed by atoms with Crippen LogP contribution in [-0.4, -0.2) is 18.6 Å². The maximum absolute atomic E-state index is 11.8. The van der Waals surface area contributed by atoms with Gasteiger partial charge in [-0.2, -0.15) is 0 Å². The SMILES string of the molecule is CCOc1cccc(C(=O)NC(C)CC)c1. The van der Waals surface area contributed by atoms with Crippen molar-refractivity contribution in [1.29, 1.82) is 0 Å². The molecular weight excluding hydrogens is 202 g/mol. The molecule has 0 heterocycles. The van der Waals surface area contributed by atoms with Gasteiger partial charge in [-0.15, -0.1) is 0 Å². The maximum atomic E-state index is 11.8. The molecule has 0 aliphatic carbocycles. The van der Waals surface area contributed by atoms with Crippen LogP contribution >= 0.6 is 0 Å². The van der Waals surface area contributed by atoms with Crippen LogP contribution in [0.1, 0.15) is 37.6 Å². The molecule has 0 aliphatic heterocycles. The normalized spacial score (nSPS) is 11.9. The van der Waals surface area contributed by atoms with E-state index in [0.717, 1.165) is 12.2 Å². The van der Waals surface area contributed by atoms with E-state index in [1.54, 1.807) is 12.1 Å². The van der Waals surface area contributed by atoms with Gasteiger partial charge in [0.1, 0.15) is 5.75 Å². The smallest absolute Gasteiger partial charge is 0.251 e. The fraction of sp³-hybridized carbons (Fsp3) is 0.462. The summed E-state index contributed by atoms with van der Waals surface area (Å²) >= 11 is 0. The van der Waals surface area contributed by atoms with Gasteiger partial charge in [0, 0.05) is 11.6 Å². The molecule has 0 saturated carbocycles. The first-order valence-corrected chi connectivity index (χ1v) is 5.71. The number of benzene rings is 1. The van der Waals surface area contributed by atoms with Crippen LogP contribution in [0.5, 0.6) is 5.75 Å². The molecule has 1 unspecified atom stereocenters. The van der Waals surface area contributed by atoms with Gasteiger partial charge in [0.25, 0.3) is 5.91 Å². The Morgan fingerprint density at radius 3 is 2.81 bits per heavy atom. The number of nitrogens with one attached hydrogen (secondary N) is 1. The first-order valence-electron chi connectivity index (χ1n) is 5.71. The molecule has 3 nitrogen and oxygen atoms in total. The van der Waals surface area contributed by atoms with Crippen molar-refractivity contribution < 1.29 is 9.53 Å². The van der Waals surface area contributed by atoms with Crippen LogP contribution in [0.15, 0.2) is 24.3 Å². The highest BCUT2D eigenvalue weighted by atomic mass is 16.5. The van der Waals surface area contributed by atoms with Crippen LogP contribution in [0, 0.1) is 0 Å². The highest BCUT2D eigenvalue weighted by Gasteiger charge is 2.08. The van der Waals surface area contributed by atoms with Crippen molar-refractivity contribution in [3.63, 3.8) is 0 Å². The van der Waals surface area contributed by atoms with Gasteiger partial charge < -0.3 is 10.1 Å². The number of hydrogen-bond acceptors (Lipinski definition) is 2. The predicted octanol–water partition coefficient (Wildman–Crippen LogP) is 2.61. The number of carbonyl (C=O) groups is 1. The average molecular weight is 221 g/mol. The molecule has 0 radical (unpaired) electrons. The molecular formula is C13H19NO2. The Hall–Kier alpha value is -1.51. The van der Waals surface area contributed by atoms with Crippen molar-refractivity contribution in [2.75, 3.05) is 6.61 Å². The fourth-order valence-electron chi connectivity index (χ4n) is 1.30. The summed E-state index contributed by atoms with van der Waals surface area (Å²) in [6.07, 6.45) is 0.927. The zero-order valence-corrected chi connectivity index (χ0v) is 10.1. The summed E-state index contributed by atoms with van der Waals surface area (Å²) in [6.45, 7) is 6.56. The third-order valence-electron chi connectivity index (χ3n) is 2.40. The summed E-state index contributed by atoms with van der Waals surface area (Å²) in [7, 11) is 0. The van der Waals surface area contributed by atoms with Crippen LogP contribution < -0.4 is 10.1 Å². The third-order valence-corrected chi connectivity index (χ3v) is 2.40. The minimum Gasteiger partial charge on any atom is -0.494 e. The van der Waals surface area contributed by atoms with Crippen molar-refractivity contribution in [2.45, 2.75) is 33.2 Å². The Kier molecular flexibility index (Phi) is 4.83. The molecule has 88 valence electrons. The lowest BCUT2D eigenvalue weighted by atomic mass is 10.2. The van der Waals surface area contributed by atoms with E-state index in [1.165, 1.54) is 0 Å². The van der Waals surface area contributed by atoms with E-state index < -0.39 is 0 Å². The molecule has 1 aromatic rings. The van der Waals surface area contributed by atoms with Crippen LogP contribution in [0.3, 0.4) is 0 Å². The lowest BCUT2D eigenvalue weighted by molar-refractivity contribution is 0.0939. The molecule has 1 aromatic carbocycles. The van der Waals surface area contributed by atoms with E-state index >= 15 is 0 Å². The van der Waals surface area contributed by atoms with Crippen molar-refractivity contribution in [1.82, 2.24) is 5.32 Å². The minimum atomic E-state index is -0.0455. The van der Waals surface area contributed by atoms with Crippen molar-refractivity contribution >= 4 is 5.91 Å². The zero-order chi connectivity index (χ0) is 12.0. The topological polar surface area (TPSA) is 38.3 Å². The molecule has 0 bridgehead atoms. The van der Waals surface area contributed by atoms with E-state index in [1.807, 2.05) is 32.9 Å². The van der Waals surface area contributed by atoms with E-state index in [9.17, 15) is 4.79 Å². The number of ether oxygens (including phenoxy) is 1. The van der Waals surface area contributed by atoms with E-state index in [2.05, 4.69) is 5.32 Å². The standard InChI is InChI=1S/C13H19NO2/c1-4-10(3)14-13(15)11-7-6-8-12(9-11)16-5-2/h6-10H,4-5H2,1-3H3,(H,14,15). The van der Waals surface area contributed by atoms with Gasteiger partial charge in [-0.25, -0.2) is 0 Å². The van der Waals surface area contributed by atoms with Gasteiger partial charge in [0.2, 0.25) is 0 Å². The Balaban J connectivity index is 2.71. The Morgan fingerprint density at radius 1 is 1.44 bits per heavy atom. The largest absolute Gasteiger partial charge is 0.494 e. The molecule has 1 atom stereocenters. The maximum Gasteiger partial charge on any atom is 0.251 e. The van der Waals surface area contributed by atoms with E-state index in [-0.39, 0.29) is 11.9 Å². The molecule has 0 saturated heterocycles. The van der Waals surface area contributed by atoms with Crippen LogP contribution in [-0.2, 0) is 0 Å². The Labute approximate surface area is 96.8 Å². The second kappa shape index (κ2) is 6.16. The van der Waals surface area contributed by atoms with Gasteiger partial charge in [-0.3, -0.25) is 4.79 Å². The molecule has 1 rings (SSSR count). The van der Waals surface area contributed by atoms with Crippen molar-refractivity contribution in [3.8, 4) is 5.75 Å². The second-order valence-electron chi connectivity index (χ2n) is 3.74. The fourth-order valence-corrected chi connectivity index (χ4v) is 1.30. The number of amides is 1. The molecule has 0 aliphatic rings. The van der Waals surface area contributed by atoms with Gasteiger partial charge in [-0.1, -0.05) is 13.0 Å². The summed E-state index contributed by atoms with van der Waals surface area (Å²) in [5, 5.41) is 2.92. The van der Waals surface area contributed by atoms with Crippen molar-refractivity contribution in [3.05, 3.63) is 29.8 Å². The summed E-state index contributed by atoms with van der Waals surface area (Å²) in [5.74, 6) is 0.690. The van der Waals surface area contributed by atoms with Crippen LogP contribution in [0.25, 0.3) is 0 Å². The quantitative estimate of drug-likeness (QED) is 0.830. The molecule has 16 heavy (non-hydrogen) atoms. The Bertz CT molecular complexity index is 350. The van der Waals surface area contributed by atoms with E-state index in [0.29, 0.717) is 12.2 Å². The molecule has 1 N–H and O–H groups in total. The molecule has 0 spiro atoms. The number of hydrogen-bond donors (Lipinski definition) is 1. The summed E-state index contributed by atoms with van der Waals surface area (Å²) in [4.78, 5) is 11.8. The Morgan fingerprint density at radius 2 is 2.19 bits per heavy atom. The van der Waals surface area contributed by atoms with Crippen LogP contribution in [0.2, 0.25) is 0 Å². The molecule has 1 amide bonds.